The lowest BCUT2D eigenvalue weighted by molar-refractivity contribution is 1.10. The molecule has 0 bridgehead atoms. The third-order valence-electron chi connectivity index (χ3n) is 1.12. The summed E-state index contributed by atoms with van der Waals surface area (Å²) in [6, 6.07) is 0. The van der Waals surface area contributed by atoms with E-state index in [2.05, 4.69) is 26.7 Å². The van der Waals surface area contributed by atoms with Crippen LogP contribution in [0.1, 0.15) is 5.69 Å². The van der Waals surface area contributed by atoms with Crippen LogP contribution in [-0.4, -0.2) is 23.0 Å². The first-order chi connectivity index (χ1) is 5.34. The molecule has 0 spiro atoms. The van der Waals surface area contributed by atoms with E-state index in [-0.39, 0.29) is 0 Å². The largest absolute Gasteiger partial charge is 0.256 e. The van der Waals surface area contributed by atoms with Gasteiger partial charge in [0.2, 0.25) is 0 Å². The monoisotopic (exact) mass is 148 g/mol. The molecule has 56 valence electrons. The van der Waals surface area contributed by atoms with Crippen LogP contribution in [0.25, 0.3) is 0 Å². The van der Waals surface area contributed by atoms with E-state index in [9.17, 15) is 0 Å². The Morgan fingerprint density at radius 3 is 2.82 bits per heavy atom. The minimum atomic E-state index is 0.583. The lowest BCUT2D eigenvalue weighted by Gasteiger charge is -1.93. The second kappa shape index (κ2) is 3.55. The van der Waals surface area contributed by atoms with Crippen molar-refractivity contribution in [2.45, 2.75) is 6.92 Å². The highest BCUT2D eigenvalue weighted by atomic mass is 15.0. The molecule has 0 aromatic carbocycles. The van der Waals surface area contributed by atoms with Crippen molar-refractivity contribution in [3.05, 3.63) is 18.1 Å². The van der Waals surface area contributed by atoms with Gasteiger partial charge in [0.05, 0.1) is 5.69 Å². The first-order valence-electron chi connectivity index (χ1n) is 3.10. The second-order valence-electron chi connectivity index (χ2n) is 1.89. The Hall–Kier alpha value is -1.58. The fourth-order valence-electron chi connectivity index (χ4n) is 0.622. The molecule has 0 aliphatic carbocycles. The van der Waals surface area contributed by atoms with Crippen molar-refractivity contribution in [2.24, 2.45) is 9.98 Å². The molecule has 1 rings (SSSR count). The molecule has 0 fully saturated rings. The second-order valence-corrected chi connectivity index (χ2v) is 1.89. The van der Waals surface area contributed by atoms with Gasteiger partial charge in [-0.25, -0.2) is 9.98 Å². The molecule has 1 aromatic rings. The van der Waals surface area contributed by atoms with Crippen LogP contribution in [0.5, 0.6) is 0 Å². The average Bonchev–Trinajstić information content (AvgIpc) is 2.03. The van der Waals surface area contributed by atoms with E-state index in [1.807, 2.05) is 6.92 Å². The van der Waals surface area contributed by atoms with Crippen molar-refractivity contribution in [1.82, 2.24) is 9.97 Å². The highest BCUT2D eigenvalue weighted by Crippen LogP contribution is 2.08. The number of aliphatic imine (C=N–C) groups is 2. The molecular weight excluding hydrogens is 140 g/mol. The van der Waals surface area contributed by atoms with Crippen molar-refractivity contribution in [3.63, 3.8) is 0 Å². The summed E-state index contributed by atoms with van der Waals surface area (Å²) >= 11 is 0. The van der Waals surface area contributed by atoms with Crippen LogP contribution < -0.4 is 0 Å². The van der Waals surface area contributed by atoms with Crippen molar-refractivity contribution in [1.29, 1.82) is 0 Å². The van der Waals surface area contributed by atoms with Crippen LogP contribution in [-0.2, 0) is 0 Å². The maximum absolute atomic E-state index is 3.99. The third-order valence-corrected chi connectivity index (χ3v) is 1.12. The molecule has 1 aromatic heterocycles. The Kier molecular flexibility index (Phi) is 2.43. The van der Waals surface area contributed by atoms with Crippen molar-refractivity contribution in [2.75, 3.05) is 0 Å². The summed E-state index contributed by atoms with van der Waals surface area (Å²) in [5, 5.41) is 0. The molecule has 11 heavy (non-hydrogen) atoms. The van der Waals surface area contributed by atoms with Crippen molar-refractivity contribution < 1.29 is 0 Å². The SMILES string of the molecule is C=NC=Nc1nccnc1C. The molecule has 0 N–H and O–H groups in total. The molecule has 0 atom stereocenters. The molecule has 1 heterocycles. The van der Waals surface area contributed by atoms with Gasteiger partial charge in [0.1, 0.15) is 6.34 Å². The Morgan fingerprint density at radius 2 is 2.18 bits per heavy atom. The van der Waals surface area contributed by atoms with Gasteiger partial charge in [-0.05, 0) is 13.6 Å². The van der Waals surface area contributed by atoms with E-state index in [0.29, 0.717) is 5.82 Å². The van der Waals surface area contributed by atoms with Crippen molar-refractivity contribution >= 4 is 18.9 Å². The van der Waals surface area contributed by atoms with Gasteiger partial charge in [-0.15, -0.1) is 0 Å². The van der Waals surface area contributed by atoms with Gasteiger partial charge in [-0.3, -0.25) is 9.98 Å². The van der Waals surface area contributed by atoms with Crippen LogP contribution in [0.2, 0.25) is 0 Å². The van der Waals surface area contributed by atoms with E-state index in [1.165, 1.54) is 6.34 Å². The summed E-state index contributed by atoms with van der Waals surface area (Å²) < 4.78 is 0. The van der Waals surface area contributed by atoms with Gasteiger partial charge in [0, 0.05) is 12.4 Å². The molecule has 0 amide bonds. The number of hydrogen-bond donors (Lipinski definition) is 0. The summed E-state index contributed by atoms with van der Waals surface area (Å²) in [5.74, 6) is 0.583. The molecule has 4 nitrogen and oxygen atoms in total. The minimum absolute atomic E-state index is 0.583. The summed E-state index contributed by atoms with van der Waals surface area (Å²) in [5.41, 5.74) is 0.785. The summed E-state index contributed by atoms with van der Waals surface area (Å²) in [7, 11) is 0. The Labute approximate surface area is 64.8 Å². The standard InChI is InChI=1S/C7H8N4/c1-6-7(11-5-8-2)10-4-3-9-6/h3-5H,2H2,1H3. The predicted molar refractivity (Wildman–Crippen MR) is 44.5 cm³/mol. The third kappa shape index (κ3) is 1.93. The minimum Gasteiger partial charge on any atom is -0.256 e. The van der Waals surface area contributed by atoms with Crippen LogP contribution in [0.3, 0.4) is 0 Å². The van der Waals surface area contributed by atoms with E-state index in [0.717, 1.165) is 5.69 Å². The Morgan fingerprint density at radius 1 is 1.45 bits per heavy atom. The smallest absolute Gasteiger partial charge is 0.175 e. The molecule has 0 radical (unpaired) electrons. The molecule has 0 saturated carbocycles. The fourth-order valence-corrected chi connectivity index (χ4v) is 0.622. The number of aromatic nitrogens is 2. The van der Waals surface area contributed by atoms with Crippen molar-refractivity contribution in [3.8, 4) is 0 Å². The van der Waals surface area contributed by atoms with Crippen LogP contribution in [0.4, 0.5) is 5.82 Å². The Balaban J connectivity index is 2.94. The molecule has 0 aliphatic rings. The molecule has 4 heteroatoms. The van der Waals surface area contributed by atoms with E-state index >= 15 is 0 Å². The predicted octanol–water partition coefficient (Wildman–Crippen LogP) is 1.15. The summed E-state index contributed by atoms with van der Waals surface area (Å²) in [6.07, 6.45) is 4.55. The first kappa shape index (κ1) is 7.53. The van der Waals surface area contributed by atoms with Crippen LogP contribution in [0.15, 0.2) is 22.4 Å². The zero-order chi connectivity index (χ0) is 8.10. The van der Waals surface area contributed by atoms with Gasteiger partial charge in [0.15, 0.2) is 5.82 Å². The zero-order valence-corrected chi connectivity index (χ0v) is 6.23. The maximum Gasteiger partial charge on any atom is 0.175 e. The van der Waals surface area contributed by atoms with E-state index < -0.39 is 0 Å². The normalized spacial score (nSPS) is 10.3. The zero-order valence-electron chi connectivity index (χ0n) is 6.23. The van der Waals surface area contributed by atoms with E-state index in [4.69, 9.17) is 0 Å². The van der Waals surface area contributed by atoms with Gasteiger partial charge < -0.3 is 0 Å². The van der Waals surface area contributed by atoms with Crippen LogP contribution >= 0.6 is 0 Å². The van der Waals surface area contributed by atoms with Crippen LogP contribution in [0, 0.1) is 6.92 Å². The van der Waals surface area contributed by atoms with E-state index in [1.54, 1.807) is 12.4 Å². The molecule has 0 aliphatic heterocycles. The van der Waals surface area contributed by atoms with Gasteiger partial charge in [0.25, 0.3) is 0 Å². The topological polar surface area (TPSA) is 50.5 Å². The summed E-state index contributed by atoms with van der Waals surface area (Å²) in [6.45, 7) is 5.09. The number of aryl methyl sites for hydroxylation is 1. The molecular formula is C7H8N4. The summed E-state index contributed by atoms with van der Waals surface area (Å²) in [4.78, 5) is 15.3. The average molecular weight is 148 g/mol. The van der Waals surface area contributed by atoms with Gasteiger partial charge in [-0.2, -0.15) is 0 Å². The van der Waals surface area contributed by atoms with Gasteiger partial charge in [-0.1, -0.05) is 0 Å². The number of nitrogens with zero attached hydrogens (tertiary/aromatic N) is 4. The lowest BCUT2D eigenvalue weighted by atomic mass is 10.5. The first-order valence-corrected chi connectivity index (χ1v) is 3.10. The Bertz CT molecular complexity index is 280. The number of hydrogen-bond acceptors (Lipinski definition) is 3. The molecule has 0 unspecified atom stereocenters. The quantitative estimate of drug-likeness (QED) is 0.466. The van der Waals surface area contributed by atoms with Gasteiger partial charge >= 0.3 is 0 Å². The number of rotatable bonds is 2. The lowest BCUT2D eigenvalue weighted by Crippen LogP contribution is -1.83. The highest BCUT2D eigenvalue weighted by molar-refractivity contribution is 5.65. The fraction of sp³-hybridized carbons (Fsp3) is 0.143. The maximum atomic E-state index is 3.99. The highest BCUT2D eigenvalue weighted by Gasteiger charge is 1.93. The molecule has 0 saturated heterocycles.